The summed E-state index contributed by atoms with van der Waals surface area (Å²) in [5, 5.41) is 2.58. The molecule has 2 aromatic rings. The molecule has 0 heterocycles. The Labute approximate surface area is 149 Å². The molecule has 1 N–H and O–H groups in total. The fourth-order valence-corrected chi connectivity index (χ4v) is 2.30. The smallest absolute Gasteiger partial charge is 0.416 e. The van der Waals surface area contributed by atoms with E-state index in [2.05, 4.69) is 5.32 Å². The van der Waals surface area contributed by atoms with E-state index >= 15 is 0 Å². The number of hydrogen-bond acceptors (Lipinski definition) is 3. The van der Waals surface area contributed by atoms with Gasteiger partial charge in [0.2, 0.25) is 0 Å². The highest BCUT2D eigenvalue weighted by molar-refractivity contribution is 5.94. The molecule has 0 spiro atoms. The molecule has 0 fully saturated rings. The van der Waals surface area contributed by atoms with Crippen LogP contribution < -0.4 is 10.1 Å². The van der Waals surface area contributed by atoms with Gasteiger partial charge in [0.1, 0.15) is 5.75 Å². The molecule has 1 unspecified atom stereocenters. The van der Waals surface area contributed by atoms with Crippen LogP contribution in [0.2, 0.25) is 0 Å². The molecule has 0 saturated carbocycles. The Kier molecular flexibility index (Phi) is 6.02. The molecular formula is C19H18F3NO3. The molecule has 0 saturated heterocycles. The van der Waals surface area contributed by atoms with Gasteiger partial charge in [0.25, 0.3) is 5.91 Å². The maximum atomic E-state index is 12.8. The average molecular weight is 365 g/mol. The van der Waals surface area contributed by atoms with Gasteiger partial charge in [-0.3, -0.25) is 9.59 Å². The van der Waals surface area contributed by atoms with Gasteiger partial charge in [-0.05, 0) is 43.7 Å². The van der Waals surface area contributed by atoms with Crippen LogP contribution in [-0.2, 0) is 11.0 Å². The second kappa shape index (κ2) is 8.03. The van der Waals surface area contributed by atoms with Crippen molar-refractivity contribution in [1.29, 1.82) is 0 Å². The summed E-state index contributed by atoms with van der Waals surface area (Å²) >= 11 is 0. The maximum absolute atomic E-state index is 12.8. The van der Waals surface area contributed by atoms with Crippen LogP contribution in [0.3, 0.4) is 0 Å². The Hall–Kier alpha value is -2.83. The van der Waals surface area contributed by atoms with Crippen molar-refractivity contribution in [3.05, 3.63) is 65.2 Å². The zero-order chi connectivity index (χ0) is 19.3. The molecule has 0 bridgehead atoms. The van der Waals surface area contributed by atoms with Gasteiger partial charge in [0.05, 0.1) is 11.6 Å². The van der Waals surface area contributed by atoms with Gasteiger partial charge in [0.15, 0.2) is 12.4 Å². The van der Waals surface area contributed by atoms with Crippen LogP contribution in [0.25, 0.3) is 0 Å². The van der Waals surface area contributed by atoms with Crippen LogP contribution >= 0.6 is 0 Å². The molecular weight excluding hydrogens is 347 g/mol. The summed E-state index contributed by atoms with van der Waals surface area (Å²) < 4.78 is 43.6. The third-order valence-corrected chi connectivity index (χ3v) is 3.70. The predicted molar refractivity (Wildman–Crippen MR) is 89.9 cm³/mol. The molecule has 0 radical (unpaired) electrons. The van der Waals surface area contributed by atoms with Crippen LogP contribution in [0.15, 0.2) is 48.5 Å². The number of ketones is 1. The zero-order valence-electron chi connectivity index (χ0n) is 14.3. The van der Waals surface area contributed by atoms with Gasteiger partial charge in [-0.1, -0.05) is 24.3 Å². The summed E-state index contributed by atoms with van der Waals surface area (Å²) in [5.74, 6) is -0.249. The SMILES string of the molecule is CC(=O)c1cccc(OCC(=O)NC(C)c2cccc(C(F)(F)F)c2)c1. The lowest BCUT2D eigenvalue weighted by atomic mass is 10.0. The topological polar surface area (TPSA) is 55.4 Å². The lowest BCUT2D eigenvalue weighted by Gasteiger charge is -2.16. The van der Waals surface area contributed by atoms with E-state index in [0.717, 1.165) is 12.1 Å². The Morgan fingerprint density at radius 2 is 1.81 bits per heavy atom. The van der Waals surface area contributed by atoms with Gasteiger partial charge in [-0.2, -0.15) is 13.2 Å². The summed E-state index contributed by atoms with van der Waals surface area (Å²) in [5.41, 5.74) is 0.0281. The first kappa shape index (κ1) is 19.5. The molecule has 2 aromatic carbocycles. The van der Waals surface area contributed by atoms with E-state index in [1.165, 1.54) is 25.1 Å². The number of amides is 1. The van der Waals surface area contributed by atoms with E-state index in [1.54, 1.807) is 25.1 Å². The van der Waals surface area contributed by atoms with Gasteiger partial charge >= 0.3 is 6.18 Å². The molecule has 7 heteroatoms. The fourth-order valence-electron chi connectivity index (χ4n) is 2.30. The first-order chi connectivity index (χ1) is 12.2. The second-order valence-electron chi connectivity index (χ2n) is 5.79. The zero-order valence-corrected chi connectivity index (χ0v) is 14.3. The van der Waals surface area contributed by atoms with Crippen molar-refractivity contribution >= 4 is 11.7 Å². The third kappa shape index (κ3) is 5.34. The number of rotatable bonds is 6. The molecule has 1 atom stereocenters. The van der Waals surface area contributed by atoms with Crippen LogP contribution in [0, 0.1) is 0 Å². The lowest BCUT2D eigenvalue weighted by Crippen LogP contribution is -2.31. The number of Topliss-reactive ketones (excluding diaryl/α,β-unsaturated/α-hetero) is 1. The molecule has 0 aliphatic carbocycles. The van der Waals surface area contributed by atoms with Crippen molar-refractivity contribution in [3.8, 4) is 5.75 Å². The number of ether oxygens (including phenoxy) is 1. The first-order valence-electron chi connectivity index (χ1n) is 7.87. The monoisotopic (exact) mass is 365 g/mol. The largest absolute Gasteiger partial charge is 0.484 e. The van der Waals surface area contributed by atoms with E-state index in [4.69, 9.17) is 4.74 Å². The Morgan fingerprint density at radius 3 is 2.46 bits per heavy atom. The van der Waals surface area contributed by atoms with Crippen molar-refractivity contribution in [3.63, 3.8) is 0 Å². The summed E-state index contributed by atoms with van der Waals surface area (Å²) in [6.07, 6.45) is -4.44. The number of carbonyl (C=O) groups is 2. The average Bonchev–Trinajstić information content (AvgIpc) is 2.59. The highest BCUT2D eigenvalue weighted by Crippen LogP contribution is 2.30. The Bertz CT molecular complexity index is 803. The van der Waals surface area contributed by atoms with Crippen molar-refractivity contribution < 1.29 is 27.5 Å². The Morgan fingerprint density at radius 1 is 1.12 bits per heavy atom. The van der Waals surface area contributed by atoms with Crippen molar-refractivity contribution in [1.82, 2.24) is 5.32 Å². The van der Waals surface area contributed by atoms with Crippen LogP contribution in [0.4, 0.5) is 13.2 Å². The molecule has 0 aromatic heterocycles. The van der Waals surface area contributed by atoms with Crippen molar-refractivity contribution in [2.45, 2.75) is 26.1 Å². The van der Waals surface area contributed by atoms with E-state index in [-0.39, 0.29) is 12.4 Å². The molecule has 1 amide bonds. The van der Waals surface area contributed by atoms with Gasteiger partial charge in [-0.25, -0.2) is 0 Å². The lowest BCUT2D eigenvalue weighted by molar-refractivity contribution is -0.137. The number of alkyl halides is 3. The molecule has 138 valence electrons. The van der Waals surface area contributed by atoms with E-state index in [0.29, 0.717) is 16.9 Å². The number of hydrogen-bond donors (Lipinski definition) is 1. The van der Waals surface area contributed by atoms with E-state index in [1.807, 2.05) is 0 Å². The summed E-state index contributed by atoms with van der Waals surface area (Å²) in [6, 6.07) is 10.6. The van der Waals surface area contributed by atoms with Gasteiger partial charge < -0.3 is 10.1 Å². The standard InChI is InChI=1S/C19H18F3NO3/c1-12(14-5-3-7-16(9-14)19(20,21)22)23-18(25)11-26-17-8-4-6-15(10-17)13(2)24/h3-10,12H,11H2,1-2H3,(H,23,25). The summed E-state index contributed by atoms with van der Waals surface area (Å²) in [4.78, 5) is 23.3. The normalized spacial score (nSPS) is 12.3. The molecule has 2 rings (SSSR count). The highest BCUT2D eigenvalue weighted by atomic mass is 19.4. The fraction of sp³-hybridized carbons (Fsp3) is 0.263. The molecule has 0 aliphatic rings. The minimum absolute atomic E-state index is 0.127. The van der Waals surface area contributed by atoms with Gasteiger partial charge in [0, 0.05) is 5.56 Å². The minimum Gasteiger partial charge on any atom is -0.484 e. The van der Waals surface area contributed by atoms with Crippen molar-refractivity contribution in [2.75, 3.05) is 6.61 Å². The highest BCUT2D eigenvalue weighted by Gasteiger charge is 2.30. The Balaban J connectivity index is 1.95. The second-order valence-corrected chi connectivity index (χ2v) is 5.79. The van der Waals surface area contributed by atoms with E-state index in [9.17, 15) is 22.8 Å². The van der Waals surface area contributed by atoms with Crippen LogP contribution in [0.1, 0.15) is 41.4 Å². The summed E-state index contributed by atoms with van der Waals surface area (Å²) in [6.45, 7) is 2.69. The van der Waals surface area contributed by atoms with Crippen LogP contribution in [0.5, 0.6) is 5.75 Å². The third-order valence-electron chi connectivity index (χ3n) is 3.70. The molecule has 26 heavy (non-hydrogen) atoms. The minimum atomic E-state index is -4.44. The molecule has 4 nitrogen and oxygen atoms in total. The van der Waals surface area contributed by atoms with Crippen molar-refractivity contribution in [2.24, 2.45) is 0 Å². The summed E-state index contributed by atoms with van der Waals surface area (Å²) in [7, 11) is 0. The number of halogens is 3. The van der Waals surface area contributed by atoms with Crippen LogP contribution in [-0.4, -0.2) is 18.3 Å². The predicted octanol–water partition coefficient (Wildman–Crippen LogP) is 4.16. The molecule has 0 aliphatic heterocycles. The quantitative estimate of drug-likeness (QED) is 0.782. The van der Waals surface area contributed by atoms with E-state index < -0.39 is 23.7 Å². The van der Waals surface area contributed by atoms with Gasteiger partial charge in [-0.15, -0.1) is 0 Å². The number of benzene rings is 2. The number of carbonyl (C=O) groups excluding carboxylic acids is 2. The maximum Gasteiger partial charge on any atom is 0.416 e. The number of nitrogens with one attached hydrogen (secondary N) is 1. The first-order valence-corrected chi connectivity index (χ1v) is 7.87.